The molecular weight excluding hydrogens is 398 g/mol. The fourth-order valence-corrected chi connectivity index (χ4v) is 4.52. The molecule has 0 spiro atoms. The second-order valence-electron chi connectivity index (χ2n) is 6.70. The zero-order valence-electron chi connectivity index (χ0n) is 17.3. The molecule has 0 saturated carbocycles. The van der Waals surface area contributed by atoms with Gasteiger partial charge < -0.3 is 19.3 Å². The molecule has 1 aliphatic rings. The lowest BCUT2D eigenvalue weighted by Crippen LogP contribution is -2.56. The molecule has 0 N–H and O–H groups in total. The molecule has 1 fully saturated rings. The van der Waals surface area contributed by atoms with Gasteiger partial charge in [-0.05, 0) is 25.5 Å². The highest BCUT2D eigenvalue weighted by atomic mass is 32.2. The summed E-state index contributed by atoms with van der Waals surface area (Å²) in [5.41, 5.74) is 0.372. The minimum absolute atomic E-state index is 0.288. The number of amides is 2. The molecule has 2 amide bonds. The Morgan fingerprint density at radius 3 is 2.28 bits per heavy atom. The first-order valence-electron chi connectivity index (χ1n) is 9.56. The highest BCUT2D eigenvalue weighted by Gasteiger charge is 2.36. The molecule has 0 unspecified atom stereocenters. The Bertz CT molecular complexity index is 821. The van der Waals surface area contributed by atoms with Crippen molar-refractivity contribution in [3.8, 4) is 5.75 Å². The van der Waals surface area contributed by atoms with Crippen molar-refractivity contribution in [1.29, 1.82) is 0 Å². The molecule has 2 rings (SSSR count). The number of ether oxygens (including phenoxy) is 2. The topological polar surface area (TPSA) is 96.5 Å². The lowest BCUT2D eigenvalue weighted by atomic mass is 10.1. The van der Waals surface area contributed by atoms with E-state index < -0.39 is 22.2 Å². The van der Waals surface area contributed by atoms with E-state index in [0.717, 1.165) is 10.6 Å². The third-order valence-electron chi connectivity index (χ3n) is 4.74. The summed E-state index contributed by atoms with van der Waals surface area (Å²) in [5, 5.41) is 0. The van der Waals surface area contributed by atoms with Crippen molar-refractivity contribution >= 4 is 27.7 Å². The van der Waals surface area contributed by atoms with E-state index in [9.17, 15) is 18.0 Å². The van der Waals surface area contributed by atoms with Crippen molar-refractivity contribution in [1.82, 2.24) is 9.80 Å². The number of hydrogen-bond donors (Lipinski definition) is 0. The molecule has 29 heavy (non-hydrogen) atoms. The highest BCUT2D eigenvalue weighted by molar-refractivity contribution is 7.92. The predicted molar refractivity (Wildman–Crippen MR) is 110 cm³/mol. The van der Waals surface area contributed by atoms with Gasteiger partial charge in [-0.3, -0.25) is 9.10 Å². The smallest absolute Gasteiger partial charge is 0.409 e. The van der Waals surface area contributed by atoms with Crippen molar-refractivity contribution in [3.63, 3.8) is 0 Å². The number of benzene rings is 1. The molecule has 0 aromatic heterocycles. The first-order valence-corrected chi connectivity index (χ1v) is 11.4. The molecular formula is C19H29N3O6S. The highest BCUT2D eigenvalue weighted by Crippen LogP contribution is 2.27. The lowest BCUT2D eigenvalue weighted by molar-refractivity contribution is -0.134. The van der Waals surface area contributed by atoms with Crippen molar-refractivity contribution in [2.75, 3.05) is 50.5 Å². The molecule has 0 aliphatic carbocycles. The monoisotopic (exact) mass is 427 g/mol. The minimum atomic E-state index is -3.72. The van der Waals surface area contributed by atoms with Gasteiger partial charge in [-0.15, -0.1) is 0 Å². The summed E-state index contributed by atoms with van der Waals surface area (Å²) in [6.45, 7) is 5.14. The van der Waals surface area contributed by atoms with Gasteiger partial charge in [0, 0.05) is 32.2 Å². The molecule has 1 atom stereocenters. The molecule has 9 nitrogen and oxygen atoms in total. The summed E-state index contributed by atoms with van der Waals surface area (Å²) in [6, 6.07) is 5.74. The average Bonchev–Trinajstić information content (AvgIpc) is 2.70. The van der Waals surface area contributed by atoms with Crippen LogP contribution in [0.2, 0.25) is 0 Å². The van der Waals surface area contributed by atoms with Gasteiger partial charge in [0.25, 0.3) is 0 Å². The summed E-state index contributed by atoms with van der Waals surface area (Å²) in [6.07, 6.45) is 0.989. The lowest BCUT2D eigenvalue weighted by Gasteiger charge is -2.38. The summed E-state index contributed by atoms with van der Waals surface area (Å²) >= 11 is 0. The summed E-state index contributed by atoms with van der Waals surface area (Å²) in [4.78, 5) is 28.2. The molecule has 1 aliphatic heterocycles. The zero-order valence-corrected chi connectivity index (χ0v) is 18.1. The second kappa shape index (κ2) is 9.82. The van der Waals surface area contributed by atoms with Crippen LogP contribution in [0.25, 0.3) is 0 Å². The van der Waals surface area contributed by atoms with Crippen LogP contribution in [0.5, 0.6) is 5.75 Å². The Balaban J connectivity index is 2.22. The number of hydrogen-bond acceptors (Lipinski definition) is 6. The normalized spacial score (nSPS) is 15.6. The van der Waals surface area contributed by atoms with E-state index in [0.29, 0.717) is 50.6 Å². The van der Waals surface area contributed by atoms with Gasteiger partial charge in [-0.2, -0.15) is 0 Å². The second-order valence-corrected chi connectivity index (χ2v) is 8.56. The third kappa shape index (κ3) is 5.53. The van der Waals surface area contributed by atoms with Crippen LogP contribution in [0.15, 0.2) is 24.3 Å². The molecule has 0 bridgehead atoms. The quantitative estimate of drug-likeness (QED) is 0.655. The van der Waals surface area contributed by atoms with Crippen LogP contribution in [0.3, 0.4) is 0 Å². The van der Waals surface area contributed by atoms with Crippen LogP contribution >= 0.6 is 0 Å². The van der Waals surface area contributed by atoms with Gasteiger partial charge in [0.1, 0.15) is 11.8 Å². The van der Waals surface area contributed by atoms with E-state index in [1.807, 2.05) is 0 Å². The molecule has 1 aromatic rings. The van der Waals surface area contributed by atoms with Gasteiger partial charge in [-0.1, -0.05) is 13.0 Å². The number of methoxy groups -OCH3 is 1. The van der Waals surface area contributed by atoms with Crippen LogP contribution in [0, 0.1) is 0 Å². The number of piperazine rings is 1. The number of rotatable bonds is 7. The SMILES string of the molecule is CCOC(=O)N1CCN(C(=O)[C@H](CC)N(c2cccc(OC)c2)S(C)(=O)=O)CC1. The maximum atomic E-state index is 13.2. The fraction of sp³-hybridized carbons (Fsp3) is 0.579. The number of anilines is 1. The Hall–Kier alpha value is -2.49. The molecule has 1 aromatic carbocycles. The van der Waals surface area contributed by atoms with Gasteiger partial charge >= 0.3 is 6.09 Å². The van der Waals surface area contributed by atoms with E-state index >= 15 is 0 Å². The Kier molecular flexibility index (Phi) is 7.72. The van der Waals surface area contributed by atoms with E-state index in [2.05, 4.69) is 0 Å². The number of carbonyl (C=O) groups excluding carboxylic acids is 2. The van der Waals surface area contributed by atoms with Gasteiger partial charge in [0.2, 0.25) is 15.9 Å². The molecule has 1 saturated heterocycles. The fourth-order valence-electron chi connectivity index (χ4n) is 3.33. The summed E-state index contributed by atoms with van der Waals surface area (Å²) in [5.74, 6) is 0.214. The van der Waals surface area contributed by atoms with Crippen molar-refractivity contribution in [3.05, 3.63) is 24.3 Å². The van der Waals surface area contributed by atoms with Crippen LogP contribution in [0.4, 0.5) is 10.5 Å². The van der Waals surface area contributed by atoms with Crippen LogP contribution in [-0.2, 0) is 19.6 Å². The Morgan fingerprint density at radius 2 is 1.76 bits per heavy atom. The summed E-state index contributed by atoms with van der Waals surface area (Å²) < 4.78 is 36.5. The van der Waals surface area contributed by atoms with E-state index in [4.69, 9.17) is 9.47 Å². The molecule has 0 radical (unpaired) electrons. The average molecular weight is 428 g/mol. The first kappa shape index (κ1) is 22.8. The molecule has 162 valence electrons. The summed E-state index contributed by atoms with van der Waals surface area (Å²) in [7, 11) is -2.23. The van der Waals surface area contributed by atoms with Crippen molar-refractivity contribution in [2.45, 2.75) is 26.3 Å². The van der Waals surface area contributed by atoms with Crippen molar-refractivity contribution < 1.29 is 27.5 Å². The van der Waals surface area contributed by atoms with Crippen LogP contribution in [0.1, 0.15) is 20.3 Å². The van der Waals surface area contributed by atoms with E-state index in [1.165, 1.54) is 7.11 Å². The molecule has 1 heterocycles. The molecule has 10 heteroatoms. The maximum Gasteiger partial charge on any atom is 0.409 e. The number of sulfonamides is 1. The van der Waals surface area contributed by atoms with Gasteiger partial charge in [0.15, 0.2) is 0 Å². The van der Waals surface area contributed by atoms with Gasteiger partial charge in [0.05, 0.1) is 25.7 Å². The van der Waals surface area contributed by atoms with Gasteiger partial charge in [-0.25, -0.2) is 13.2 Å². The maximum absolute atomic E-state index is 13.2. The number of nitrogens with zero attached hydrogens (tertiary/aromatic N) is 3. The van der Waals surface area contributed by atoms with E-state index in [1.54, 1.807) is 47.9 Å². The third-order valence-corrected chi connectivity index (χ3v) is 5.92. The minimum Gasteiger partial charge on any atom is -0.497 e. The van der Waals surface area contributed by atoms with Crippen molar-refractivity contribution in [2.24, 2.45) is 0 Å². The number of carbonyl (C=O) groups is 2. The van der Waals surface area contributed by atoms with E-state index in [-0.39, 0.29) is 5.91 Å². The first-order chi connectivity index (χ1) is 13.7. The zero-order chi connectivity index (χ0) is 21.6. The standard InChI is InChI=1S/C19H29N3O6S/c1-5-17(18(23)20-10-12-21(13-11-20)19(24)28-6-2)22(29(4,25)26)15-8-7-9-16(14-15)27-3/h7-9,14,17H,5-6,10-13H2,1-4H3/t17-/m0/s1. The largest absolute Gasteiger partial charge is 0.497 e. The Labute approximate surface area is 172 Å². The van der Waals surface area contributed by atoms with Crippen LogP contribution < -0.4 is 9.04 Å². The predicted octanol–water partition coefficient (Wildman–Crippen LogP) is 1.54. The van der Waals surface area contributed by atoms with Crippen LogP contribution in [-0.4, -0.2) is 82.4 Å². The Morgan fingerprint density at radius 1 is 1.14 bits per heavy atom.